The smallest absolute Gasteiger partial charge is 0.253 e. The van der Waals surface area contributed by atoms with Gasteiger partial charge in [0.05, 0.1) is 12.3 Å². The Kier molecular flexibility index (Phi) is 5.74. The van der Waals surface area contributed by atoms with Crippen molar-refractivity contribution in [1.82, 2.24) is 15.1 Å². The second kappa shape index (κ2) is 8.19. The molecule has 1 saturated heterocycles. The molecule has 0 atom stereocenters. The van der Waals surface area contributed by atoms with E-state index in [-0.39, 0.29) is 5.91 Å². The van der Waals surface area contributed by atoms with Gasteiger partial charge in [-0.3, -0.25) is 9.89 Å². The Labute approximate surface area is 149 Å². The predicted molar refractivity (Wildman–Crippen MR) is 98.0 cm³/mol. The molecule has 5 heteroatoms. The second-order valence-corrected chi connectivity index (χ2v) is 6.77. The summed E-state index contributed by atoms with van der Waals surface area (Å²) in [7, 11) is 0. The number of H-pyrrole nitrogens is 1. The number of nitrogens with zero attached hydrogens (tertiary/aromatic N) is 2. The van der Waals surface area contributed by atoms with Crippen molar-refractivity contribution >= 4 is 5.91 Å². The zero-order valence-corrected chi connectivity index (χ0v) is 15.1. The average molecular weight is 341 g/mol. The Hall–Kier alpha value is -2.30. The van der Waals surface area contributed by atoms with Crippen LogP contribution in [-0.4, -0.2) is 40.7 Å². The van der Waals surface area contributed by atoms with Gasteiger partial charge in [0.1, 0.15) is 5.75 Å². The fourth-order valence-electron chi connectivity index (χ4n) is 3.24. The van der Waals surface area contributed by atoms with Gasteiger partial charge < -0.3 is 9.64 Å². The normalized spacial score (nSPS) is 15.4. The van der Waals surface area contributed by atoms with Gasteiger partial charge in [-0.05, 0) is 56.5 Å². The summed E-state index contributed by atoms with van der Waals surface area (Å²) in [5.74, 6) is 1.39. The van der Waals surface area contributed by atoms with Crippen LogP contribution in [0.15, 0.2) is 30.3 Å². The van der Waals surface area contributed by atoms with E-state index in [4.69, 9.17) is 4.74 Å². The molecule has 1 aliphatic rings. The van der Waals surface area contributed by atoms with Crippen LogP contribution in [0.25, 0.3) is 0 Å². The fraction of sp³-hybridized carbons (Fsp3) is 0.500. The minimum Gasteiger partial charge on any atom is -0.494 e. The van der Waals surface area contributed by atoms with Crippen molar-refractivity contribution in [3.8, 4) is 5.75 Å². The molecule has 25 heavy (non-hydrogen) atoms. The molecule has 1 N–H and O–H groups in total. The number of ether oxygens (including phenoxy) is 1. The Morgan fingerprint density at radius 3 is 2.60 bits per heavy atom. The van der Waals surface area contributed by atoms with Crippen LogP contribution in [-0.2, 0) is 0 Å². The number of nitrogens with one attached hydrogen (secondary N) is 1. The van der Waals surface area contributed by atoms with Crippen LogP contribution in [0.2, 0.25) is 0 Å². The van der Waals surface area contributed by atoms with Crippen molar-refractivity contribution in [3.63, 3.8) is 0 Å². The third kappa shape index (κ3) is 4.41. The molecule has 0 bridgehead atoms. The molecule has 0 aliphatic carbocycles. The predicted octanol–water partition coefficient (Wildman–Crippen LogP) is 3.92. The molecule has 2 aromatic rings. The van der Waals surface area contributed by atoms with E-state index in [0.29, 0.717) is 5.92 Å². The first-order valence-electron chi connectivity index (χ1n) is 9.21. The van der Waals surface area contributed by atoms with Gasteiger partial charge in [-0.1, -0.05) is 13.3 Å². The van der Waals surface area contributed by atoms with Gasteiger partial charge in [-0.2, -0.15) is 5.10 Å². The Balaban J connectivity index is 1.53. The molecule has 5 nitrogen and oxygen atoms in total. The maximum Gasteiger partial charge on any atom is 0.253 e. The first-order chi connectivity index (χ1) is 12.2. The van der Waals surface area contributed by atoms with Crippen molar-refractivity contribution in [1.29, 1.82) is 0 Å². The number of aryl methyl sites for hydroxylation is 1. The molecule has 0 radical (unpaired) electrons. The first-order valence-corrected chi connectivity index (χ1v) is 9.21. The number of likely N-dealkylation sites (tertiary alicyclic amines) is 1. The van der Waals surface area contributed by atoms with Gasteiger partial charge in [-0.25, -0.2) is 0 Å². The van der Waals surface area contributed by atoms with E-state index in [1.54, 1.807) is 0 Å². The van der Waals surface area contributed by atoms with E-state index in [9.17, 15) is 4.79 Å². The molecule has 2 heterocycles. The summed E-state index contributed by atoms with van der Waals surface area (Å²) in [5, 5.41) is 7.37. The lowest BCUT2D eigenvalue weighted by Crippen LogP contribution is -2.38. The second-order valence-electron chi connectivity index (χ2n) is 6.77. The molecular formula is C20H27N3O2. The van der Waals surface area contributed by atoms with Gasteiger partial charge in [0, 0.05) is 30.3 Å². The standard InChI is InChI=1S/C20H27N3O2/c1-3-4-13-25-18-7-5-17(6-8-18)20(24)23-11-9-16(10-12-23)19-14-15(2)21-22-19/h5-8,14,16H,3-4,9-13H2,1-2H3,(H,21,22). The van der Waals surface area contributed by atoms with E-state index in [0.717, 1.165) is 68.1 Å². The molecule has 0 saturated carbocycles. The van der Waals surface area contributed by atoms with Crippen molar-refractivity contribution in [2.45, 2.75) is 45.4 Å². The quantitative estimate of drug-likeness (QED) is 0.810. The number of benzene rings is 1. The molecular weight excluding hydrogens is 314 g/mol. The Bertz CT molecular complexity index is 685. The molecule has 1 aromatic carbocycles. The van der Waals surface area contributed by atoms with E-state index in [1.807, 2.05) is 36.1 Å². The van der Waals surface area contributed by atoms with Gasteiger partial charge >= 0.3 is 0 Å². The number of amides is 1. The third-order valence-corrected chi connectivity index (χ3v) is 4.79. The summed E-state index contributed by atoms with van der Waals surface area (Å²) in [6.07, 6.45) is 4.10. The molecule has 1 aliphatic heterocycles. The summed E-state index contributed by atoms with van der Waals surface area (Å²) in [4.78, 5) is 14.6. The maximum atomic E-state index is 12.7. The van der Waals surface area contributed by atoms with Crippen LogP contribution >= 0.6 is 0 Å². The summed E-state index contributed by atoms with van der Waals surface area (Å²) in [6.45, 7) is 6.45. The molecule has 1 fully saturated rings. The van der Waals surface area contributed by atoms with E-state index < -0.39 is 0 Å². The first kappa shape index (κ1) is 17.5. The zero-order chi connectivity index (χ0) is 17.6. The third-order valence-electron chi connectivity index (χ3n) is 4.79. The van der Waals surface area contributed by atoms with E-state index >= 15 is 0 Å². The van der Waals surface area contributed by atoms with Crippen molar-refractivity contribution in [2.75, 3.05) is 19.7 Å². The number of hydrogen-bond acceptors (Lipinski definition) is 3. The molecule has 0 unspecified atom stereocenters. The summed E-state index contributed by atoms with van der Waals surface area (Å²) < 4.78 is 5.66. The number of unbranched alkanes of at least 4 members (excludes halogenated alkanes) is 1. The minimum absolute atomic E-state index is 0.108. The summed E-state index contributed by atoms with van der Waals surface area (Å²) >= 11 is 0. The van der Waals surface area contributed by atoms with Crippen LogP contribution in [0, 0.1) is 6.92 Å². The van der Waals surface area contributed by atoms with E-state index in [2.05, 4.69) is 23.2 Å². The zero-order valence-electron chi connectivity index (χ0n) is 15.1. The Morgan fingerprint density at radius 2 is 2.00 bits per heavy atom. The monoisotopic (exact) mass is 341 g/mol. The highest BCUT2D eigenvalue weighted by Gasteiger charge is 2.25. The van der Waals surface area contributed by atoms with Crippen molar-refractivity contribution < 1.29 is 9.53 Å². The van der Waals surface area contributed by atoms with Gasteiger partial charge in [0.2, 0.25) is 0 Å². The van der Waals surface area contributed by atoms with Crippen LogP contribution in [0.4, 0.5) is 0 Å². The van der Waals surface area contributed by atoms with Gasteiger partial charge in [0.15, 0.2) is 0 Å². The number of aromatic amines is 1. The van der Waals surface area contributed by atoms with Crippen LogP contribution < -0.4 is 4.74 Å². The summed E-state index contributed by atoms with van der Waals surface area (Å²) in [6, 6.07) is 9.63. The number of carbonyl (C=O) groups excluding carboxylic acids is 1. The highest BCUT2D eigenvalue weighted by Crippen LogP contribution is 2.28. The lowest BCUT2D eigenvalue weighted by molar-refractivity contribution is 0.0712. The van der Waals surface area contributed by atoms with Gasteiger partial charge in [0.25, 0.3) is 5.91 Å². The van der Waals surface area contributed by atoms with Gasteiger partial charge in [-0.15, -0.1) is 0 Å². The van der Waals surface area contributed by atoms with Crippen LogP contribution in [0.5, 0.6) is 5.75 Å². The van der Waals surface area contributed by atoms with Crippen molar-refractivity contribution in [3.05, 3.63) is 47.3 Å². The van der Waals surface area contributed by atoms with Crippen LogP contribution in [0.1, 0.15) is 60.3 Å². The number of carbonyl (C=O) groups is 1. The number of aromatic nitrogens is 2. The highest BCUT2D eigenvalue weighted by atomic mass is 16.5. The lowest BCUT2D eigenvalue weighted by Gasteiger charge is -2.31. The molecule has 1 aromatic heterocycles. The molecule has 134 valence electrons. The largest absolute Gasteiger partial charge is 0.494 e. The highest BCUT2D eigenvalue weighted by molar-refractivity contribution is 5.94. The molecule has 3 rings (SSSR count). The number of piperidine rings is 1. The lowest BCUT2D eigenvalue weighted by atomic mass is 9.93. The van der Waals surface area contributed by atoms with E-state index in [1.165, 1.54) is 0 Å². The molecule has 1 amide bonds. The van der Waals surface area contributed by atoms with Crippen molar-refractivity contribution in [2.24, 2.45) is 0 Å². The Morgan fingerprint density at radius 1 is 1.28 bits per heavy atom. The number of hydrogen-bond donors (Lipinski definition) is 1. The molecule has 0 spiro atoms. The van der Waals surface area contributed by atoms with Crippen LogP contribution in [0.3, 0.4) is 0 Å². The maximum absolute atomic E-state index is 12.7. The number of rotatable bonds is 6. The topological polar surface area (TPSA) is 58.2 Å². The SMILES string of the molecule is CCCCOc1ccc(C(=O)N2CCC(c3cc(C)[nH]n3)CC2)cc1. The average Bonchev–Trinajstić information content (AvgIpc) is 3.08. The minimum atomic E-state index is 0.108. The summed E-state index contributed by atoms with van der Waals surface area (Å²) in [5.41, 5.74) is 2.95. The fourth-order valence-corrected chi connectivity index (χ4v) is 3.24.